The molecule has 1 aliphatic rings. The number of aromatic nitrogens is 1. The molecule has 0 atom stereocenters. The number of hydrogen-bond donors (Lipinski definition) is 2. The predicted molar refractivity (Wildman–Crippen MR) is 117 cm³/mol. The summed E-state index contributed by atoms with van der Waals surface area (Å²) in [5, 5.41) is 9.12. The fourth-order valence-corrected chi connectivity index (χ4v) is 4.46. The molecule has 2 aromatic rings. The lowest BCUT2D eigenvalue weighted by molar-refractivity contribution is 0.296. The number of guanidine groups is 1. The lowest BCUT2D eigenvalue weighted by Crippen LogP contribution is -2.46. The highest BCUT2D eigenvalue weighted by molar-refractivity contribution is 14.0. The van der Waals surface area contributed by atoms with Crippen molar-refractivity contribution >= 4 is 41.3 Å². The molecule has 136 valence electrons. The van der Waals surface area contributed by atoms with Gasteiger partial charge in [0.15, 0.2) is 5.96 Å². The average Bonchev–Trinajstić information content (AvgIpc) is 3.19. The van der Waals surface area contributed by atoms with Gasteiger partial charge in [0, 0.05) is 30.1 Å². The number of nitrogens with one attached hydrogen (secondary N) is 2. The highest BCUT2D eigenvalue weighted by atomic mass is 127. The SMILES string of the molecule is CN=C(NCc1ccccn1)NCC1(c2cccs2)CCCCC1.I. The smallest absolute Gasteiger partial charge is 0.191 e. The normalized spacial score (nSPS) is 16.8. The minimum Gasteiger partial charge on any atom is -0.355 e. The van der Waals surface area contributed by atoms with Crippen LogP contribution in [0.5, 0.6) is 0 Å². The number of thiophene rings is 1. The Hall–Kier alpha value is -1.15. The number of pyridine rings is 1. The van der Waals surface area contributed by atoms with E-state index in [4.69, 9.17) is 0 Å². The average molecular weight is 470 g/mol. The van der Waals surface area contributed by atoms with Gasteiger partial charge in [0.25, 0.3) is 0 Å². The summed E-state index contributed by atoms with van der Waals surface area (Å²) < 4.78 is 0. The van der Waals surface area contributed by atoms with Crippen LogP contribution in [0.1, 0.15) is 42.7 Å². The van der Waals surface area contributed by atoms with Crippen LogP contribution >= 0.6 is 35.3 Å². The molecule has 2 aromatic heterocycles. The summed E-state index contributed by atoms with van der Waals surface area (Å²) in [6.45, 7) is 1.63. The van der Waals surface area contributed by atoms with Gasteiger partial charge in [-0.15, -0.1) is 35.3 Å². The summed E-state index contributed by atoms with van der Waals surface area (Å²) in [4.78, 5) is 10.2. The zero-order chi connectivity index (χ0) is 16.7. The van der Waals surface area contributed by atoms with E-state index in [0.717, 1.165) is 18.2 Å². The van der Waals surface area contributed by atoms with E-state index in [1.165, 1.54) is 37.0 Å². The van der Waals surface area contributed by atoms with E-state index < -0.39 is 0 Å². The summed E-state index contributed by atoms with van der Waals surface area (Å²) in [6, 6.07) is 10.4. The molecule has 1 aliphatic carbocycles. The number of nitrogens with zero attached hydrogens (tertiary/aromatic N) is 2. The van der Waals surface area contributed by atoms with Crippen molar-refractivity contribution in [3.05, 3.63) is 52.5 Å². The number of rotatable bonds is 5. The Balaban J connectivity index is 0.00000225. The van der Waals surface area contributed by atoms with Gasteiger partial charge in [0.2, 0.25) is 0 Å². The third-order valence-electron chi connectivity index (χ3n) is 4.84. The Morgan fingerprint density at radius 3 is 2.64 bits per heavy atom. The molecule has 25 heavy (non-hydrogen) atoms. The largest absolute Gasteiger partial charge is 0.355 e. The van der Waals surface area contributed by atoms with Crippen LogP contribution in [0.25, 0.3) is 0 Å². The van der Waals surface area contributed by atoms with Crippen molar-refractivity contribution in [2.24, 2.45) is 4.99 Å². The molecule has 0 aliphatic heterocycles. The van der Waals surface area contributed by atoms with Crippen molar-refractivity contribution in [2.45, 2.75) is 44.1 Å². The Morgan fingerprint density at radius 2 is 2.00 bits per heavy atom. The molecule has 6 heteroatoms. The van der Waals surface area contributed by atoms with Gasteiger partial charge in [-0.25, -0.2) is 0 Å². The first kappa shape index (κ1) is 20.2. The molecule has 0 saturated heterocycles. The van der Waals surface area contributed by atoms with Gasteiger partial charge in [-0.05, 0) is 36.4 Å². The zero-order valence-corrected chi connectivity index (χ0v) is 17.8. The van der Waals surface area contributed by atoms with Crippen LogP contribution in [0.2, 0.25) is 0 Å². The highest BCUT2D eigenvalue weighted by Gasteiger charge is 2.34. The second-order valence-electron chi connectivity index (χ2n) is 6.42. The molecule has 0 radical (unpaired) electrons. The summed E-state index contributed by atoms with van der Waals surface area (Å²) in [5.74, 6) is 0.849. The highest BCUT2D eigenvalue weighted by Crippen LogP contribution is 2.41. The molecular weight excluding hydrogens is 443 g/mol. The summed E-state index contributed by atoms with van der Waals surface area (Å²) in [5.41, 5.74) is 1.28. The van der Waals surface area contributed by atoms with Crippen LogP contribution in [0.3, 0.4) is 0 Å². The van der Waals surface area contributed by atoms with Crippen molar-refractivity contribution in [3.63, 3.8) is 0 Å². The minimum absolute atomic E-state index is 0. The van der Waals surface area contributed by atoms with Crippen LogP contribution in [-0.2, 0) is 12.0 Å². The first-order chi connectivity index (χ1) is 11.8. The first-order valence-corrected chi connectivity index (χ1v) is 9.59. The molecule has 0 amide bonds. The molecule has 0 unspecified atom stereocenters. The van der Waals surface area contributed by atoms with Crippen molar-refractivity contribution in [1.29, 1.82) is 0 Å². The van der Waals surface area contributed by atoms with E-state index in [1.54, 1.807) is 0 Å². The van der Waals surface area contributed by atoms with Crippen molar-refractivity contribution < 1.29 is 0 Å². The van der Waals surface area contributed by atoms with E-state index in [1.807, 2.05) is 42.8 Å². The van der Waals surface area contributed by atoms with Crippen molar-refractivity contribution in [3.8, 4) is 0 Å². The monoisotopic (exact) mass is 470 g/mol. The van der Waals surface area contributed by atoms with Crippen LogP contribution in [-0.4, -0.2) is 24.5 Å². The first-order valence-electron chi connectivity index (χ1n) is 8.71. The molecule has 3 rings (SSSR count). The minimum atomic E-state index is 0. The van der Waals surface area contributed by atoms with Crippen molar-refractivity contribution in [1.82, 2.24) is 15.6 Å². The van der Waals surface area contributed by atoms with Gasteiger partial charge in [-0.1, -0.05) is 31.4 Å². The third kappa shape index (κ3) is 5.41. The maximum absolute atomic E-state index is 4.37. The Morgan fingerprint density at radius 1 is 1.16 bits per heavy atom. The Labute approximate surface area is 171 Å². The van der Waals surface area contributed by atoms with E-state index in [9.17, 15) is 0 Å². The van der Waals surface area contributed by atoms with Gasteiger partial charge in [-0.2, -0.15) is 0 Å². The number of halogens is 1. The van der Waals surface area contributed by atoms with Crippen LogP contribution in [0.4, 0.5) is 0 Å². The standard InChI is InChI=1S/C19H26N4S.HI/c1-20-18(22-14-16-8-3-6-12-21-16)23-15-19(10-4-2-5-11-19)17-9-7-13-24-17;/h3,6-9,12-13H,2,4-5,10-11,14-15H2,1H3,(H2,20,22,23);1H. The van der Waals surface area contributed by atoms with Crippen LogP contribution < -0.4 is 10.6 Å². The van der Waals surface area contributed by atoms with E-state index in [-0.39, 0.29) is 29.4 Å². The van der Waals surface area contributed by atoms with Crippen LogP contribution in [0.15, 0.2) is 46.9 Å². The zero-order valence-electron chi connectivity index (χ0n) is 14.7. The lowest BCUT2D eigenvalue weighted by atomic mass is 9.73. The molecule has 4 nitrogen and oxygen atoms in total. The third-order valence-corrected chi connectivity index (χ3v) is 5.95. The van der Waals surface area contributed by atoms with E-state index in [0.29, 0.717) is 6.54 Å². The summed E-state index contributed by atoms with van der Waals surface area (Å²) in [7, 11) is 1.83. The molecule has 0 aromatic carbocycles. The van der Waals surface area contributed by atoms with Gasteiger partial charge < -0.3 is 10.6 Å². The Bertz CT molecular complexity index is 637. The molecule has 0 bridgehead atoms. The van der Waals surface area contributed by atoms with Crippen molar-refractivity contribution in [2.75, 3.05) is 13.6 Å². The molecule has 1 fully saturated rings. The van der Waals surface area contributed by atoms with E-state index >= 15 is 0 Å². The summed E-state index contributed by atoms with van der Waals surface area (Å²) >= 11 is 1.89. The maximum Gasteiger partial charge on any atom is 0.191 e. The topological polar surface area (TPSA) is 49.3 Å². The van der Waals surface area contributed by atoms with Gasteiger partial charge in [-0.3, -0.25) is 9.98 Å². The molecule has 2 N–H and O–H groups in total. The maximum atomic E-state index is 4.37. The Kier molecular flexibility index (Phi) is 8.15. The number of hydrogen-bond acceptors (Lipinski definition) is 3. The second-order valence-corrected chi connectivity index (χ2v) is 7.37. The van der Waals surface area contributed by atoms with Crippen LogP contribution in [0, 0.1) is 0 Å². The lowest BCUT2D eigenvalue weighted by Gasteiger charge is -2.37. The van der Waals surface area contributed by atoms with Gasteiger partial charge >= 0.3 is 0 Å². The summed E-state index contributed by atoms with van der Waals surface area (Å²) in [6.07, 6.45) is 8.34. The molecule has 1 saturated carbocycles. The van der Waals surface area contributed by atoms with E-state index in [2.05, 4.69) is 38.1 Å². The quantitative estimate of drug-likeness (QED) is 0.389. The van der Waals surface area contributed by atoms with Gasteiger partial charge in [0.05, 0.1) is 12.2 Å². The fourth-order valence-electron chi connectivity index (χ4n) is 3.47. The molecule has 0 spiro atoms. The van der Waals surface area contributed by atoms with Gasteiger partial charge in [0.1, 0.15) is 0 Å². The molecule has 2 heterocycles. The molecular formula is C19H27IN4S. The predicted octanol–water partition coefficient (Wildman–Crippen LogP) is 4.33. The second kappa shape index (κ2) is 10.1. The number of aliphatic imine (C=N–C) groups is 1. The fraction of sp³-hybridized carbons (Fsp3) is 0.474.